The summed E-state index contributed by atoms with van der Waals surface area (Å²) in [4.78, 5) is 8.37. The standard InChI is InChI=1S/C15H20N4/c1-11-2-4-13(5-3-11)19-10-17-9-14(19)12-6-7-18-15(16)8-12/h6-11,13H,2-5H2,1H3,(H2,16,18). The van der Waals surface area contributed by atoms with Gasteiger partial charge in [-0.25, -0.2) is 9.97 Å². The molecule has 2 N–H and O–H groups in total. The maximum absolute atomic E-state index is 5.77. The Balaban J connectivity index is 1.90. The molecule has 3 rings (SSSR count). The quantitative estimate of drug-likeness (QED) is 0.897. The lowest BCUT2D eigenvalue weighted by molar-refractivity contribution is 0.291. The molecule has 2 aromatic rings. The van der Waals surface area contributed by atoms with E-state index < -0.39 is 0 Å². The third kappa shape index (κ3) is 2.48. The lowest BCUT2D eigenvalue weighted by Gasteiger charge is -2.28. The van der Waals surface area contributed by atoms with E-state index in [9.17, 15) is 0 Å². The van der Waals surface area contributed by atoms with Crippen molar-refractivity contribution in [3.05, 3.63) is 30.9 Å². The summed E-state index contributed by atoms with van der Waals surface area (Å²) in [5.41, 5.74) is 8.02. The number of rotatable bonds is 2. The van der Waals surface area contributed by atoms with Gasteiger partial charge in [-0.1, -0.05) is 6.92 Å². The van der Waals surface area contributed by atoms with E-state index in [1.54, 1.807) is 6.20 Å². The highest BCUT2D eigenvalue weighted by molar-refractivity contribution is 5.61. The number of anilines is 1. The van der Waals surface area contributed by atoms with E-state index in [1.807, 2.05) is 24.7 Å². The summed E-state index contributed by atoms with van der Waals surface area (Å²) in [6, 6.07) is 4.48. The van der Waals surface area contributed by atoms with Crippen molar-refractivity contribution in [1.82, 2.24) is 14.5 Å². The molecule has 1 aliphatic carbocycles. The van der Waals surface area contributed by atoms with Gasteiger partial charge in [0.25, 0.3) is 0 Å². The average Bonchev–Trinajstić information content (AvgIpc) is 2.89. The second kappa shape index (κ2) is 5.03. The number of aromatic nitrogens is 3. The molecular weight excluding hydrogens is 236 g/mol. The number of imidazole rings is 1. The van der Waals surface area contributed by atoms with Crippen LogP contribution in [-0.4, -0.2) is 14.5 Å². The topological polar surface area (TPSA) is 56.7 Å². The minimum absolute atomic E-state index is 0.558. The van der Waals surface area contributed by atoms with Gasteiger partial charge in [0.2, 0.25) is 0 Å². The molecule has 1 aliphatic rings. The number of hydrogen-bond donors (Lipinski definition) is 1. The maximum atomic E-state index is 5.77. The molecule has 2 aromatic heterocycles. The number of pyridine rings is 1. The van der Waals surface area contributed by atoms with E-state index in [4.69, 9.17) is 5.73 Å². The van der Waals surface area contributed by atoms with Gasteiger partial charge in [0.1, 0.15) is 5.82 Å². The minimum Gasteiger partial charge on any atom is -0.384 e. The summed E-state index contributed by atoms with van der Waals surface area (Å²) in [7, 11) is 0. The van der Waals surface area contributed by atoms with Gasteiger partial charge >= 0.3 is 0 Å². The Kier molecular flexibility index (Phi) is 3.23. The molecule has 0 unspecified atom stereocenters. The number of nitrogen functional groups attached to an aromatic ring is 1. The van der Waals surface area contributed by atoms with Crippen LogP contribution in [0.15, 0.2) is 30.9 Å². The lowest BCUT2D eigenvalue weighted by atomic mass is 9.87. The monoisotopic (exact) mass is 256 g/mol. The molecule has 2 heterocycles. The zero-order chi connectivity index (χ0) is 13.2. The first-order chi connectivity index (χ1) is 9.24. The van der Waals surface area contributed by atoms with E-state index >= 15 is 0 Å². The van der Waals surface area contributed by atoms with Crippen LogP contribution in [0.3, 0.4) is 0 Å². The molecule has 0 aromatic carbocycles. The van der Waals surface area contributed by atoms with Crippen LogP contribution in [0, 0.1) is 5.92 Å². The number of hydrogen-bond acceptors (Lipinski definition) is 3. The predicted molar refractivity (Wildman–Crippen MR) is 76.5 cm³/mol. The van der Waals surface area contributed by atoms with Gasteiger partial charge < -0.3 is 10.3 Å². The Bertz CT molecular complexity index is 553. The predicted octanol–water partition coefficient (Wildman–Crippen LogP) is 3.28. The van der Waals surface area contributed by atoms with Crippen LogP contribution in [0.25, 0.3) is 11.3 Å². The Morgan fingerprint density at radius 3 is 2.79 bits per heavy atom. The molecule has 1 saturated carbocycles. The molecule has 0 saturated heterocycles. The second-order valence-electron chi connectivity index (χ2n) is 5.57. The number of nitrogens with two attached hydrogens (primary N) is 1. The summed E-state index contributed by atoms with van der Waals surface area (Å²) < 4.78 is 2.31. The van der Waals surface area contributed by atoms with E-state index in [1.165, 1.54) is 25.7 Å². The van der Waals surface area contributed by atoms with Gasteiger partial charge in [-0.05, 0) is 43.7 Å². The van der Waals surface area contributed by atoms with Crippen LogP contribution in [0.5, 0.6) is 0 Å². The minimum atomic E-state index is 0.558. The molecule has 0 spiro atoms. The number of nitrogens with zero attached hydrogens (tertiary/aromatic N) is 3. The molecule has 19 heavy (non-hydrogen) atoms. The van der Waals surface area contributed by atoms with Crippen molar-refractivity contribution >= 4 is 5.82 Å². The van der Waals surface area contributed by atoms with Crippen molar-refractivity contribution in [2.75, 3.05) is 5.73 Å². The van der Waals surface area contributed by atoms with E-state index in [-0.39, 0.29) is 0 Å². The molecule has 4 heteroatoms. The van der Waals surface area contributed by atoms with Gasteiger partial charge in [0.15, 0.2) is 0 Å². The zero-order valence-electron chi connectivity index (χ0n) is 11.3. The van der Waals surface area contributed by atoms with Crippen molar-refractivity contribution in [3.8, 4) is 11.3 Å². The van der Waals surface area contributed by atoms with Crippen LogP contribution in [0.4, 0.5) is 5.82 Å². The second-order valence-corrected chi connectivity index (χ2v) is 5.57. The van der Waals surface area contributed by atoms with Crippen molar-refractivity contribution in [2.45, 2.75) is 38.6 Å². The van der Waals surface area contributed by atoms with Crippen LogP contribution in [-0.2, 0) is 0 Å². The highest BCUT2D eigenvalue weighted by atomic mass is 15.1. The third-order valence-corrected chi connectivity index (χ3v) is 4.12. The summed E-state index contributed by atoms with van der Waals surface area (Å²) in [6.45, 7) is 2.34. The van der Waals surface area contributed by atoms with Crippen LogP contribution in [0.1, 0.15) is 38.6 Å². The normalized spacial score (nSPS) is 23.4. The fourth-order valence-corrected chi connectivity index (χ4v) is 2.95. The first kappa shape index (κ1) is 12.2. The first-order valence-electron chi connectivity index (χ1n) is 6.98. The van der Waals surface area contributed by atoms with E-state index in [2.05, 4.69) is 21.5 Å². The molecule has 0 atom stereocenters. The Morgan fingerprint density at radius 2 is 2.05 bits per heavy atom. The highest BCUT2D eigenvalue weighted by Gasteiger charge is 2.21. The van der Waals surface area contributed by atoms with Gasteiger partial charge in [-0.15, -0.1) is 0 Å². The van der Waals surface area contributed by atoms with Crippen molar-refractivity contribution < 1.29 is 0 Å². The Labute approximate surface area is 113 Å². The van der Waals surface area contributed by atoms with Gasteiger partial charge in [0, 0.05) is 17.8 Å². The first-order valence-corrected chi connectivity index (χ1v) is 6.98. The Morgan fingerprint density at radius 1 is 1.26 bits per heavy atom. The van der Waals surface area contributed by atoms with Crippen LogP contribution in [0.2, 0.25) is 0 Å². The molecule has 0 radical (unpaired) electrons. The van der Waals surface area contributed by atoms with Gasteiger partial charge in [-0.3, -0.25) is 0 Å². The summed E-state index contributed by atoms with van der Waals surface area (Å²) in [6.07, 6.45) is 10.7. The molecule has 1 fully saturated rings. The fourth-order valence-electron chi connectivity index (χ4n) is 2.95. The largest absolute Gasteiger partial charge is 0.384 e. The van der Waals surface area contributed by atoms with Crippen LogP contribution < -0.4 is 5.73 Å². The van der Waals surface area contributed by atoms with E-state index in [0.717, 1.165) is 17.2 Å². The Hall–Kier alpha value is -1.84. The van der Waals surface area contributed by atoms with Crippen molar-refractivity contribution in [3.63, 3.8) is 0 Å². The highest BCUT2D eigenvalue weighted by Crippen LogP contribution is 2.34. The molecule has 100 valence electrons. The molecule has 4 nitrogen and oxygen atoms in total. The van der Waals surface area contributed by atoms with Crippen LogP contribution >= 0.6 is 0 Å². The van der Waals surface area contributed by atoms with Gasteiger partial charge in [0.05, 0.1) is 18.2 Å². The molecule has 0 bridgehead atoms. The zero-order valence-corrected chi connectivity index (χ0v) is 11.3. The summed E-state index contributed by atoms with van der Waals surface area (Å²) in [5.74, 6) is 1.42. The summed E-state index contributed by atoms with van der Waals surface area (Å²) >= 11 is 0. The van der Waals surface area contributed by atoms with Crippen molar-refractivity contribution in [1.29, 1.82) is 0 Å². The smallest absolute Gasteiger partial charge is 0.123 e. The SMILES string of the molecule is CC1CCC(n2cncc2-c2ccnc(N)c2)CC1. The average molecular weight is 256 g/mol. The maximum Gasteiger partial charge on any atom is 0.123 e. The molecule has 0 amide bonds. The van der Waals surface area contributed by atoms with E-state index in [0.29, 0.717) is 11.9 Å². The lowest BCUT2D eigenvalue weighted by Crippen LogP contribution is -2.16. The fraction of sp³-hybridized carbons (Fsp3) is 0.467. The third-order valence-electron chi connectivity index (χ3n) is 4.12. The molecule has 0 aliphatic heterocycles. The molecular formula is C15H20N4. The summed E-state index contributed by atoms with van der Waals surface area (Å²) in [5, 5.41) is 0. The van der Waals surface area contributed by atoms with Gasteiger partial charge in [-0.2, -0.15) is 0 Å². The van der Waals surface area contributed by atoms with Crippen molar-refractivity contribution in [2.24, 2.45) is 5.92 Å².